The SMILES string of the molecule is COCCN(CCCl)C(=O)c1ccc(C)c(C)c1. The first kappa shape index (κ1) is 15.0. The van der Waals surface area contributed by atoms with Crippen molar-refractivity contribution in [1.82, 2.24) is 4.90 Å². The van der Waals surface area contributed by atoms with Crippen LogP contribution in [-0.2, 0) is 4.74 Å². The fourth-order valence-corrected chi connectivity index (χ4v) is 1.88. The van der Waals surface area contributed by atoms with Crippen LogP contribution in [0.2, 0.25) is 0 Å². The maximum absolute atomic E-state index is 12.3. The largest absolute Gasteiger partial charge is 0.383 e. The Morgan fingerprint density at radius 2 is 2.00 bits per heavy atom. The van der Waals surface area contributed by atoms with Gasteiger partial charge in [-0.05, 0) is 37.1 Å². The lowest BCUT2D eigenvalue weighted by molar-refractivity contribution is 0.0707. The normalized spacial score (nSPS) is 10.4. The van der Waals surface area contributed by atoms with Crippen LogP contribution in [-0.4, -0.2) is 43.5 Å². The van der Waals surface area contributed by atoms with Crippen molar-refractivity contribution in [2.75, 3.05) is 32.7 Å². The summed E-state index contributed by atoms with van der Waals surface area (Å²) >= 11 is 5.73. The predicted molar refractivity (Wildman–Crippen MR) is 74.4 cm³/mol. The lowest BCUT2D eigenvalue weighted by Gasteiger charge is -2.21. The van der Waals surface area contributed by atoms with Crippen LogP contribution >= 0.6 is 11.6 Å². The van der Waals surface area contributed by atoms with Crippen molar-refractivity contribution in [1.29, 1.82) is 0 Å². The minimum absolute atomic E-state index is 0.0100. The van der Waals surface area contributed by atoms with Crippen LogP contribution in [0.3, 0.4) is 0 Å². The van der Waals surface area contributed by atoms with E-state index in [1.165, 1.54) is 5.56 Å². The summed E-state index contributed by atoms with van der Waals surface area (Å²) in [6.45, 7) is 5.66. The molecule has 0 N–H and O–H groups in total. The third-order valence-corrected chi connectivity index (χ3v) is 3.13. The maximum atomic E-state index is 12.3. The van der Waals surface area contributed by atoms with Gasteiger partial charge in [-0.25, -0.2) is 0 Å². The van der Waals surface area contributed by atoms with Gasteiger partial charge in [0, 0.05) is 31.6 Å². The summed E-state index contributed by atoms with van der Waals surface area (Å²) < 4.78 is 5.01. The van der Waals surface area contributed by atoms with Crippen LogP contribution < -0.4 is 0 Å². The van der Waals surface area contributed by atoms with Gasteiger partial charge in [-0.2, -0.15) is 0 Å². The molecule has 0 unspecified atom stereocenters. The minimum atomic E-state index is 0.0100. The van der Waals surface area contributed by atoms with Crippen molar-refractivity contribution in [2.24, 2.45) is 0 Å². The average molecular weight is 270 g/mol. The van der Waals surface area contributed by atoms with E-state index >= 15 is 0 Å². The van der Waals surface area contributed by atoms with E-state index in [2.05, 4.69) is 0 Å². The van der Waals surface area contributed by atoms with Crippen molar-refractivity contribution in [2.45, 2.75) is 13.8 Å². The standard InChI is InChI=1S/C14H20ClNO2/c1-11-4-5-13(10-12(11)2)14(17)16(7-6-15)8-9-18-3/h4-5,10H,6-9H2,1-3H3. The number of hydrogen-bond acceptors (Lipinski definition) is 2. The molecule has 0 bridgehead atoms. The summed E-state index contributed by atoms with van der Waals surface area (Å²) in [7, 11) is 1.62. The Bertz CT molecular complexity index is 407. The van der Waals surface area contributed by atoms with E-state index < -0.39 is 0 Å². The number of hydrogen-bond donors (Lipinski definition) is 0. The Balaban J connectivity index is 2.83. The van der Waals surface area contributed by atoms with Crippen LogP contribution in [0.4, 0.5) is 0 Å². The Labute approximate surface area is 114 Å². The third-order valence-electron chi connectivity index (χ3n) is 2.96. The Morgan fingerprint density at radius 1 is 1.28 bits per heavy atom. The van der Waals surface area contributed by atoms with Gasteiger partial charge in [-0.1, -0.05) is 6.07 Å². The number of benzene rings is 1. The molecule has 0 heterocycles. The first-order chi connectivity index (χ1) is 8.60. The Hall–Kier alpha value is -1.06. The second kappa shape index (κ2) is 7.39. The summed E-state index contributed by atoms with van der Waals surface area (Å²) in [5.41, 5.74) is 3.02. The number of carbonyl (C=O) groups excluding carboxylic acids is 1. The first-order valence-electron chi connectivity index (χ1n) is 6.01. The third kappa shape index (κ3) is 4.00. The molecular formula is C14H20ClNO2. The summed E-state index contributed by atoms with van der Waals surface area (Å²) in [4.78, 5) is 14.0. The van der Waals surface area contributed by atoms with Gasteiger partial charge in [-0.15, -0.1) is 11.6 Å². The highest BCUT2D eigenvalue weighted by molar-refractivity contribution is 6.18. The maximum Gasteiger partial charge on any atom is 0.253 e. The lowest BCUT2D eigenvalue weighted by Crippen LogP contribution is -2.35. The van der Waals surface area contributed by atoms with E-state index in [9.17, 15) is 4.79 Å². The molecular weight excluding hydrogens is 250 g/mol. The van der Waals surface area contributed by atoms with E-state index in [0.717, 1.165) is 5.56 Å². The summed E-state index contributed by atoms with van der Waals surface area (Å²) in [6.07, 6.45) is 0. The molecule has 18 heavy (non-hydrogen) atoms. The molecule has 1 amide bonds. The van der Waals surface area contributed by atoms with Crippen molar-refractivity contribution in [3.63, 3.8) is 0 Å². The van der Waals surface area contributed by atoms with Crippen LogP contribution in [0.25, 0.3) is 0 Å². The van der Waals surface area contributed by atoms with Gasteiger partial charge in [0.15, 0.2) is 0 Å². The fourth-order valence-electron chi connectivity index (χ4n) is 1.68. The highest BCUT2D eigenvalue weighted by Gasteiger charge is 2.15. The van der Waals surface area contributed by atoms with E-state index in [-0.39, 0.29) is 5.91 Å². The topological polar surface area (TPSA) is 29.5 Å². The second-order valence-electron chi connectivity index (χ2n) is 4.27. The van der Waals surface area contributed by atoms with Crippen molar-refractivity contribution < 1.29 is 9.53 Å². The van der Waals surface area contributed by atoms with Gasteiger partial charge < -0.3 is 9.64 Å². The van der Waals surface area contributed by atoms with E-state index in [1.54, 1.807) is 12.0 Å². The second-order valence-corrected chi connectivity index (χ2v) is 4.65. The molecule has 1 aromatic rings. The lowest BCUT2D eigenvalue weighted by atomic mass is 10.1. The number of methoxy groups -OCH3 is 1. The molecule has 0 saturated heterocycles. The van der Waals surface area contributed by atoms with Crippen molar-refractivity contribution in [3.05, 3.63) is 34.9 Å². The highest BCUT2D eigenvalue weighted by atomic mass is 35.5. The molecule has 0 aliphatic rings. The molecule has 4 heteroatoms. The summed E-state index contributed by atoms with van der Waals surface area (Å²) in [5, 5.41) is 0. The van der Waals surface area contributed by atoms with E-state index in [4.69, 9.17) is 16.3 Å². The zero-order valence-corrected chi connectivity index (χ0v) is 12.0. The van der Waals surface area contributed by atoms with Crippen molar-refractivity contribution >= 4 is 17.5 Å². The number of nitrogens with zero attached hydrogens (tertiary/aromatic N) is 1. The number of aryl methyl sites for hydroxylation is 2. The van der Waals surface area contributed by atoms with Crippen LogP contribution in [0.5, 0.6) is 0 Å². The highest BCUT2D eigenvalue weighted by Crippen LogP contribution is 2.12. The Morgan fingerprint density at radius 3 is 2.56 bits per heavy atom. The van der Waals surface area contributed by atoms with E-state index in [0.29, 0.717) is 31.1 Å². The molecule has 1 rings (SSSR count). The number of rotatable bonds is 6. The van der Waals surface area contributed by atoms with Crippen LogP contribution in [0, 0.1) is 13.8 Å². The molecule has 0 spiro atoms. The van der Waals surface area contributed by atoms with Gasteiger partial charge in [0.25, 0.3) is 5.91 Å². The molecule has 0 saturated carbocycles. The molecule has 0 fully saturated rings. The van der Waals surface area contributed by atoms with Crippen LogP contribution in [0.1, 0.15) is 21.5 Å². The molecule has 0 aliphatic carbocycles. The number of alkyl halides is 1. The number of halogens is 1. The predicted octanol–water partition coefficient (Wildman–Crippen LogP) is 2.63. The molecule has 0 atom stereocenters. The number of carbonyl (C=O) groups is 1. The molecule has 1 aromatic carbocycles. The first-order valence-corrected chi connectivity index (χ1v) is 6.55. The molecule has 0 aromatic heterocycles. The summed E-state index contributed by atoms with van der Waals surface area (Å²) in [6, 6.07) is 5.75. The summed E-state index contributed by atoms with van der Waals surface area (Å²) in [5.74, 6) is 0.441. The Kier molecular flexibility index (Phi) is 6.16. The zero-order chi connectivity index (χ0) is 13.5. The monoisotopic (exact) mass is 269 g/mol. The van der Waals surface area contributed by atoms with Crippen molar-refractivity contribution in [3.8, 4) is 0 Å². The smallest absolute Gasteiger partial charge is 0.253 e. The molecule has 0 radical (unpaired) electrons. The van der Waals surface area contributed by atoms with Gasteiger partial charge in [-0.3, -0.25) is 4.79 Å². The van der Waals surface area contributed by atoms with E-state index in [1.807, 2.05) is 32.0 Å². The number of ether oxygens (including phenoxy) is 1. The number of amides is 1. The molecule has 100 valence electrons. The zero-order valence-electron chi connectivity index (χ0n) is 11.2. The minimum Gasteiger partial charge on any atom is -0.383 e. The van der Waals surface area contributed by atoms with Crippen LogP contribution in [0.15, 0.2) is 18.2 Å². The fraction of sp³-hybridized carbons (Fsp3) is 0.500. The molecule has 0 aliphatic heterocycles. The van der Waals surface area contributed by atoms with Gasteiger partial charge in [0.1, 0.15) is 0 Å². The molecule has 3 nitrogen and oxygen atoms in total. The van der Waals surface area contributed by atoms with Gasteiger partial charge >= 0.3 is 0 Å². The van der Waals surface area contributed by atoms with Gasteiger partial charge in [0.05, 0.1) is 6.61 Å². The van der Waals surface area contributed by atoms with Gasteiger partial charge in [0.2, 0.25) is 0 Å². The quantitative estimate of drug-likeness (QED) is 0.743. The average Bonchev–Trinajstić information content (AvgIpc) is 2.37.